The van der Waals surface area contributed by atoms with E-state index in [1.54, 1.807) is 12.1 Å². The summed E-state index contributed by atoms with van der Waals surface area (Å²) in [6, 6.07) is 11.1. The number of likely N-dealkylation sites (tertiary alicyclic amines) is 1. The van der Waals surface area contributed by atoms with Crippen LogP contribution in [-0.2, 0) is 6.42 Å². The van der Waals surface area contributed by atoms with Crippen LogP contribution in [0, 0.1) is 23.5 Å². The lowest BCUT2D eigenvalue weighted by molar-refractivity contribution is 0.185. The highest BCUT2D eigenvalue weighted by Gasteiger charge is 2.41. The Morgan fingerprint density at radius 2 is 1.65 bits per heavy atom. The van der Waals surface area contributed by atoms with Gasteiger partial charge in [0.15, 0.2) is 11.6 Å². The number of hydrogen-bond donors (Lipinski definition) is 1. The summed E-state index contributed by atoms with van der Waals surface area (Å²) in [4.78, 5) is 2.50. The van der Waals surface area contributed by atoms with Gasteiger partial charge in [0.2, 0.25) is 0 Å². The first-order valence-electron chi connectivity index (χ1n) is 9.19. The molecule has 1 saturated heterocycles. The summed E-state index contributed by atoms with van der Waals surface area (Å²) in [5.74, 6) is 0.246. The van der Waals surface area contributed by atoms with Crippen molar-refractivity contribution in [3.63, 3.8) is 0 Å². The molecule has 26 heavy (non-hydrogen) atoms. The van der Waals surface area contributed by atoms with E-state index in [4.69, 9.17) is 4.74 Å². The van der Waals surface area contributed by atoms with E-state index in [2.05, 4.69) is 4.90 Å². The molecule has 1 saturated carbocycles. The van der Waals surface area contributed by atoms with Gasteiger partial charge in [-0.2, -0.15) is 0 Å². The average molecular weight is 359 g/mol. The molecule has 3 nitrogen and oxygen atoms in total. The smallest absolute Gasteiger partial charge is 0.162 e. The Kier molecular flexibility index (Phi) is 4.81. The predicted octanol–water partition coefficient (Wildman–Crippen LogP) is 4.00. The molecule has 2 fully saturated rings. The second-order valence-corrected chi connectivity index (χ2v) is 7.48. The van der Waals surface area contributed by atoms with E-state index in [1.165, 1.54) is 11.6 Å². The zero-order valence-electron chi connectivity index (χ0n) is 14.6. The first kappa shape index (κ1) is 17.3. The highest BCUT2D eigenvalue weighted by Crippen LogP contribution is 2.39. The molecule has 2 aromatic carbocycles. The molecular weight excluding hydrogens is 336 g/mol. The normalized spacial score (nSPS) is 25.4. The summed E-state index contributed by atoms with van der Waals surface area (Å²) in [5, 5.41) is 9.34. The maximum atomic E-state index is 13.3. The largest absolute Gasteiger partial charge is 0.508 e. The van der Waals surface area contributed by atoms with Crippen LogP contribution in [0.2, 0.25) is 0 Å². The molecule has 0 aromatic heterocycles. The van der Waals surface area contributed by atoms with Gasteiger partial charge in [0.05, 0.1) is 6.10 Å². The van der Waals surface area contributed by atoms with Gasteiger partial charge < -0.3 is 14.7 Å². The number of hydrogen-bond acceptors (Lipinski definition) is 3. The van der Waals surface area contributed by atoms with Crippen molar-refractivity contribution < 1.29 is 18.6 Å². The maximum absolute atomic E-state index is 13.3. The van der Waals surface area contributed by atoms with Crippen molar-refractivity contribution in [2.24, 2.45) is 11.8 Å². The third kappa shape index (κ3) is 3.83. The van der Waals surface area contributed by atoms with Gasteiger partial charge in [0.1, 0.15) is 11.5 Å². The lowest BCUT2D eigenvalue weighted by Crippen LogP contribution is -2.26. The first-order valence-corrected chi connectivity index (χ1v) is 9.19. The molecule has 3 atom stereocenters. The molecule has 138 valence electrons. The summed E-state index contributed by atoms with van der Waals surface area (Å²) in [7, 11) is 0. The lowest BCUT2D eigenvalue weighted by atomic mass is 10.0. The van der Waals surface area contributed by atoms with Crippen LogP contribution in [0.15, 0.2) is 42.5 Å². The van der Waals surface area contributed by atoms with Gasteiger partial charge in [-0.15, -0.1) is 0 Å². The van der Waals surface area contributed by atoms with Gasteiger partial charge >= 0.3 is 0 Å². The van der Waals surface area contributed by atoms with Crippen molar-refractivity contribution in [1.29, 1.82) is 0 Å². The molecule has 1 unspecified atom stereocenters. The first-order chi connectivity index (χ1) is 12.6. The summed E-state index contributed by atoms with van der Waals surface area (Å²) in [5.41, 5.74) is 1.24. The van der Waals surface area contributed by atoms with E-state index in [9.17, 15) is 13.9 Å². The Morgan fingerprint density at radius 3 is 2.31 bits per heavy atom. The van der Waals surface area contributed by atoms with Crippen LogP contribution in [0.4, 0.5) is 8.78 Å². The van der Waals surface area contributed by atoms with Crippen molar-refractivity contribution in [2.45, 2.75) is 25.4 Å². The minimum Gasteiger partial charge on any atom is -0.508 e. The Balaban J connectivity index is 1.26. The van der Waals surface area contributed by atoms with Crippen molar-refractivity contribution in [3.8, 4) is 11.5 Å². The summed E-state index contributed by atoms with van der Waals surface area (Å²) >= 11 is 0. The van der Waals surface area contributed by atoms with Gasteiger partial charge in [-0.05, 0) is 60.9 Å². The van der Waals surface area contributed by atoms with E-state index in [-0.39, 0.29) is 6.10 Å². The van der Waals surface area contributed by atoms with Crippen LogP contribution in [0.1, 0.15) is 18.4 Å². The number of benzene rings is 2. The van der Waals surface area contributed by atoms with E-state index in [0.29, 0.717) is 23.3 Å². The molecule has 1 heterocycles. The number of aromatic hydroxyl groups is 1. The van der Waals surface area contributed by atoms with Crippen LogP contribution in [0.3, 0.4) is 0 Å². The van der Waals surface area contributed by atoms with Crippen molar-refractivity contribution in [2.75, 3.05) is 19.6 Å². The van der Waals surface area contributed by atoms with Crippen LogP contribution in [0.25, 0.3) is 0 Å². The maximum Gasteiger partial charge on any atom is 0.162 e. The van der Waals surface area contributed by atoms with E-state index in [1.807, 2.05) is 12.1 Å². The average Bonchev–Trinajstić information content (AvgIpc) is 3.16. The molecule has 1 N–H and O–H groups in total. The Labute approximate surface area is 152 Å². The number of halogens is 2. The monoisotopic (exact) mass is 359 g/mol. The van der Waals surface area contributed by atoms with Crippen molar-refractivity contribution >= 4 is 0 Å². The van der Waals surface area contributed by atoms with E-state index < -0.39 is 11.6 Å². The second-order valence-electron chi connectivity index (χ2n) is 7.48. The molecule has 0 amide bonds. The highest BCUT2D eigenvalue weighted by atomic mass is 19.2. The highest BCUT2D eigenvalue weighted by molar-refractivity contribution is 5.26. The van der Waals surface area contributed by atoms with Gasteiger partial charge in [-0.3, -0.25) is 0 Å². The van der Waals surface area contributed by atoms with Gasteiger partial charge in [-0.25, -0.2) is 8.78 Å². The quantitative estimate of drug-likeness (QED) is 0.876. The summed E-state index contributed by atoms with van der Waals surface area (Å²) < 4.78 is 32.2. The zero-order valence-corrected chi connectivity index (χ0v) is 14.6. The molecular formula is C21H23F2NO2. The Morgan fingerprint density at radius 1 is 0.962 bits per heavy atom. The van der Waals surface area contributed by atoms with Crippen molar-refractivity contribution in [1.82, 2.24) is 4.90 Å². The number of ether oxygens (including phenoxy) is 1. The molecule has 0 radical (unpaired) electrons. The molecule has 1 aliphatic carbocycles. The van der Waals surface area contributed by atoms with Crippen LogP contribution in [-0.4, -0.2) is 35.7 Å². The van der Waals surface area contributed by atoms with E-state index in [0.717, 1.165) is 51.0 Å². The SMILES string of the molecule is Oc1ccc(CCN2C[C@H]3CC(Oc4ccc(F)c(F)c4)C[C@H]3C2)cc1. The van der Waals surface area contributed by atoms with Crippen LogP contribution < -0.4 is 4.74 Å². The minimum absolute atomic E-state index is 0.0918. The second kappa shape index (κ2) is 7.23. The molecule has 5 heteroatoms. The number of phenols is 1. The van der Waals surface area contributed by atoms with Gasteiger partial charge in [0, 0.05) is 25.7 Å². The minimum atomic E-state index is -0.860. The van der Waals surface area contributed by atoms with E-state index >= 15 is 0 Å². The third-order valence-electron chi connectivity index (χ3n) is 5.63. The number of nitrogens with zero attached hydrogens (tertiary/aromatic N) is 1. The van der Waals surface area contributed by atoms with Gasteiger partial charge in [0.25, 0.3) is 0 Å². The van der Waals surface area contributed by atoms with Crippen LogP contribution >= 0.6 is 0 Å². The summed E-state index contributed by atoms with van der Waals surface area (Å²) in [6.07, 6.45) is 3.02. The number of phenolic OH excluding ortho intramolecular Hbond substituents is 1. The number of rotatable bonds is 5. The topological polar surface area (TPSA) is 32.7 Å². The number of fused-ring (bicyclic) bond motifs is 1. The molecule has 2 aromatic rings. The molecule has 0 bridgehead atoms. The fourth-order valence-electron chi connectivity index (χ4n) is 4.31. The predicted molar refractivity (Wildman–Crippen MR) is 95.2 cm³/mol. The molecule has 0 spiro atoms. The zero-order chi connectivity index (χ0) is 18.1. The van der Waals surface area contributed by atoms with Crippen LogP contribution in [0.5, 0.6) is 11.5 Å². The van der Waals surface area contributed by atoms with Gasteiger partial charge in [-0.1, -0.05) is 12.1 Å². The molecule has 4 rings (SSSR count). The molecule has 2 aliphatic rings. The third-order valence-corrected chi connectivity index (χ3v) is 5.63. The fraction of sp³-hybridized carbons (Fsp3) is 0.429. The lowest BCUT2D eigenvalue weighted by Gasteiger charge is -2.20. The standard InChI is InChI=1S/C21H23F2NO2/c22-20-6-5-18(11-21(20)23)26-19-9-15-12-24(13-16(15)10-19)8-7-14-1-3-17(25)4-2-14/h1-6,11,15-16,19,25H,7-10,12-13H2/t15-,16+,19?. The molecule has 1 aliphatic heterocycles. The van der Waals surface area contributed by atoms with Crippen molar-refractivity contribution in [3.05, 3.63) is 59.7 Å². The summed E-state index contributed by atoms with van der Waals surface area (Å²) in [6.45, 7) is 3.16. The Bertz CT molecular complexity index is 751. The fourth-order valence-corrected chi connectivity index (χ4v) is 4.31. The Hall–Kier alpha value is -2.14.